The summed E-state index contributed by atoms with van der Waals surface area (Å²) in [5, 5.41) is 9.52. The highest BCUT2D eigenvalue weighted by Crippen LogP contribution is 2.46. The monoisotopic (exact) mass is 469 g/mol. The molecule has 2 aromatic rings. The molecule has 1 aliphatic rings. The number of alkyl halides is 3. The number of hydrogen-bond donors (Lipinski definition) is 2. The van der Waals surface area contributed by atoms with Crippen molar-refractivity contribution >= 4 is 70.4 Å². The molecule has 1 fully saturated rings. The predicted octanol–water partition coefficient (Wildman–Crippen LogP) is -3.41. The summed E-state index contributed by atoms with van der Waals surface area (Å²) in [6.07, 6.45) is -1.50. The van der Waals surface area contributed by atoms with Crippen LogP contribution < -0.4 is 10.6 Å². The molecular weight excluding hydrogens is 440 g/mol. The van der Waals surface area contributed by atoms with Crippen LogP contribution in [0.15, 0.2) is 12.4 Å². The number of nitrogens with one attached hydrogen (secondary N) is 2. The molecule has 0 aromatic carbocycles. The van der Waals surface area contributed by atoms with Crippen molar-refractivity contribution in [3.8, 4) is 0 Å². The van der Waals surface area contributed by atoms with Gasteiger partial charge in [0.25, 0.3) is 0 Å². The second kappa shape index (κ2) is 8.64. The lowest BCUT2D eigenvalue weighted by Gasteiger charge is -2.42. The van der Waals surface area contributed by atoms with E-state index in [1.54, 1.807) is 24.7 Å². The van der Waals surface area contributed by atoms with Crippen LogP contribution in [0.2, 0.25) is 5.11 Å². The van der Waals surface area contributed by atoms with E-state index in [1.165, 1.54) is 0 Å². The Bertz CT molecular complexity index is 1090. The summed E-state index contributed by atoms with van der Waals surface area (Å²) in [6.45, 7) is 4.34. The smallest absolute Gasteiger partial charge is 0.370 e. The quantitative estimate of drug-likeness (QED) is 0.412. The Hall–Kier alpha value is -2.46. The average molecular weight is 468 g/mol. The Kier molecular flexibility index (Phi) is 6.64. The number of aromatic nitrogens is 4. The van der Waals surface area contributed by atoms with E-state index in [2.05, 4.69) is 25.7 Å². The van der Waals surface area contributed by atoms with Gasteiger partial charge < -0.3 is 15.5 Å². The minimum atomic E-state index is -4.57. The van der Waals surface area contributed by atoms with E-state index in [4.69, 9.17) is 0 Å². The zero-order chi connectivity index (χ0) is 25.7. The van der Waals surface area contributed by atoms with Crippen molar-refractivity contribution in [1.29, 1.82) is 0 Å². The van der Waals surface area contributed by atoms with Crippen LogP contribution in [0.4, 0.5) is 30.6 Å². The van der Waals surface area contributed by atoms with Crippen LogP contribution in [-0.2, 0) is 16.5 Å². The Labute approximate surface area is 203 Å². The van der Waals surface area contributed by atoms with Gasteiger partial charge in [-0.15, -0.1) is 0 Å². The number of aryl methyl sites for hydroxylation is 1. The largest absolute Gasteiger partial charge is 0.421 e. The molecule has 3 heterocycles. The summed E-state index contributed by atoms with van der Waals surface area (Å²) in [6, 6.07) is 0. The molecule has 34 heavy (non-hydrogen) atoms. The van der Waals surface area contributed by atoms with Crippen molar-refractivity contribution in [3.63, 3.8) is 0 Å². The molecule has 1 amide bonds. The van der Waals surface area contributed by atoms with E-state index in [1.807, 2.05) is 52.0 Å². The second-order valence-electron chi connectivity index (χ2n) is 10.7. The van der Waals surface area contributed by atoms with Gasteiger partial charge in [0.1, 0.15) is 40.5 Å². The van der Waals surface area contributed by atoms with Gasteiger partial charge in [0.15, 0.2) is 0 Å². The van der Waals surface area contributed by atoms with Gasteiger partial charge in [-0.3, -0.25) is 9.48 Å². The van der Waals surface area contributed by atoms with Gasteiger partial charge in [-0.1, -0.05) is 5.11 Å². The first kappa shape index (κ1) is 26.1. The molecule has 0 aliphatic carbocycles. The van der Waals surface area contributed by atoms with Crippen LogP contribution in [0.25, 0.3) is 0 Å². The van der Waals surface area contributed by atoms with Crippen molar-refractivity contribution < 1.29 is 18.0 Å². The van der Waals surface area contributed by atoms with Crippen LogP contribution >= 0.6 is 0 Å². The molecule has 8 nitrogen and oxygen atoms in total. The molecular formula is C17H28B6F3N7O. The Morgan fingerprint density at radius 3 is 2.32 bits per heavy atom. The Morgan fingerprint density at radius 2 is 1.82 bits per heavy atom. The maximum absolute atomic E-state index is 13.8. The number of nitrogens with zero attached hydrogens (tertiary/aromatic N) is 5. The lowest BCUT2D eigenvalue weighted by atomic mass is 9.34. The first-order valence-corrected chi connectivity index (χ1v) is 11.4. The minimum Gasteiger partial charge on any atom is -0.370 e. The number of hydrogen-bond acceptors (Lipinski definition) is 6. The summed E-state index contributed by atoms with van der Waals surface area (Å²) < 4.78 is 41.6. The highest BCUT2D eigenvalue weighted by atomic mass is 19.4. The summed E-state index contributed by atoms with van der Waals surface area (Å²) >= 11 is 0. The van der Waals surface area contributed by atoms with Gasteiger partial charge in [-0.25, -0.2) is 4.98 Å². The molecule has 1 saturated heterocycles. The second-order valence-corrected chi connectivity index (χ2v) is 10.7. The Balaban J connectivity index is 2.01. The first-order valence-electron chi connectivity index (χ1n) is 11.4. The van der Waals surface area contributed by atoms with Crippen LogP contribution in [0.5, 0.6) is 0 Å². The zero-order valence-electron chi connectivity index (χ0n) is 21.1. The van der Waals surface area contributed by atoms with Gasteiger partial charge in [-0.05, 0) is 25.5 Å². The van der Waals surface area contributed by atoms with Crippen molar-refractivity contribution in [1.82, 2.24) is 24.6 Å². The third kappa shape index (κ3) is 4.57. The molecule has 0 unspecified atom stereocenters. The SMILES string of the molecule is BC(B)(B)N1CC[C@](n2cc(Nc3ncc(C(F)(F)F)c(NCC)n3)c(C)n2)(C(B)(B)B)C1=O. The summed E-state index contributed by atoms with van der Waals surface area (Å²) in [5.41, 5.74) is -0.731. The molecule has 0 spiro atoms. The van der Waals surface area contributed by atoms with E-state index >= 15 is 0 Å². The normalized spacial score (nSPS) is 19.4. The van der Waals surface area contributed by atoms with Gasteiger partial charge in [-0.2, -0.15) is 23.3 Å². The van der Waals surface area contributed by atoms with Crippen LogP contribution in [0.1, 0.15) is 24.6 Å². The summed E-state index contributed by atoms with van der Waals surface area (Å²) in [7, 11) is 12.1. The summed E-state index contributed by atoms with van der Waals surface area (Å²) in [4.78, 5) is 23.5. The average Bonchev–Trinajstić information content (AvgIpc) is 3.21. The van der Waals surface area contributed by atoms with E-state index in [0.29, 0.717) is 24.3 Å². The van der Waals surface area contributed by atoms with Gasteiger partial charge >= 0.3 is 6.18 Å². The zero-order valence-corrected chi connectivity index (χ0v) is 21.1. The highest BCUT2D eigenvalue weighted by Gasteiger charge is 2.57. The molecule has 1 aliphatic heterocycles. The van der Waals surface area contributed by atoms with Crippen molar-refractivity contribution in [2.24, 2.45) is 0 Å². The fourth-order valence-electron chi connectivity index (χ4n) is 4.45. The van der Waals surface area contributed by atoms with E-state index in [-0.39, 0.29) is 29.5 Å². The molecule has 1 atom stereocenters. The molecule has 176 valence electrons. The van der Waals surface area contributed by atoms with Crippen LogP contribution in [0.3, 0.4) is 0 Å². The van der Waals surface area contributed by atoms with E-state index in [0.717, 1.165) is 6.20 Å². The van der Waals surface area contributed by atoms with E-state index in [9.17, 15) is 18.0 Å². The molecule has 0 radical (unpaired) electrons. The molecule has 0 bridgehead atoms. The highest BCUT2D eigenvalue weighted by molar-refractivity contribution is 6.62. The lowest BCUT2D eigenvalue weighted by molar-refractivity contribution is -0.137. The fourth-order valence-corrected chi connectivity index (χ4v) is 4.45. The number of halogens is 3. The summed E-state index contributed by atoms with van der Waals surface area (Å²) in [5.74, 6) is -0.289. The number of anilines is 3. The number of likely N-dealkylation sites (tertiary alicyclic amines) is 1. The van der Waals surface area contributed by atoms with Crippen molar-refractivity contribution in [2.45, 2.75) is 42.3 Å². The molecule has 2 N–H and O–H groups in total. The van der Waals surface area contributed by atoms with Gasteiger partial charge in [0, 0.05) is 25.5 Å². The standard InChI is InChI=1S/C17H28B6F3N7O/c1-3-27-11-9(15(24,25)26)6-28-13(30-11)29-10-7-33(31-8(10)2)14(16(18,19)20)4-5-32(12(14)34)17(21,22)23/h6-7H,3-5,18-23H2,1-2H3,(H2,27,28,29,30)/t14-/m1/s1. The maximum atomic E-state index is 13.8. The molecule has 0 saturated carbocycles. The lowest BCUT2D eigenvalue weighted by Crippen LogP contribution is -2.58. The van der Waals surface area contributed by atoms with Crippen LogP contribution in [-0.4, -0.2) is 96.0 Å². The maximum Gasteiger partial charge on any atom is 0.421 e. The third-order valence-electron chi connectivity index (χ3n) is 6.32. The third-order valence-corrected chi connectivity index (χ3v) is 6.32. The van der Waals surface area contributed by atoms with Gasteiger partial charge in [0.2, 0.25) is 11.9 Å². The number of carbonyl (C=O) groups excluding carboxylic acids is 1. The molecule has 3 rings (SSSR count). The molecule has 17 heteroatoms. The number of amides is 1. The fraction of sp³-hybridized carbons (Fsp3) is 0.529. The topological polar surface area (TPSA) is 88.0 Å². The number of carbonyl (C=O) groups is 1. The Morgan fingerprint density at radius 1 is 1.18 bits per heavy atom. The van der Waals surface area contributed by atoms with Crippen molar-refractivity contribution in [3.05, 3.63) is 23.7 Å². The minimum absolute atomic E-state index is 0.00163. The number of rotatable bonds is 7. The van der Waals surface area contributed by atoms with Crippen molar-refractivity contribution in [2.75, 3.05) is 23.7 Å². The molecule has 2 aromatic heterocycles. The van der Waals surface area contributed by atoms with Crippen LogP contribution in [0, 0.1) is 6.92 Å². The van der Waals surface area contributed by atoms with Gasteiger partial charge in [0.05, 0.1) is 34.9 Å². The predicted molar refractivity (Wildman–Crippen MR) is 142 cm³/mol. The van der Waals surface area contributed by atoms with E-state index < -0.39 is 22.4 Å². The first-order chi connectivity index (χ1) is 15.5.